The largest absolute Gasteiger partial charge is 0.501 e. The van der Waals surface area contributed by atoms with E-state index in [4.69, 9.17) is 9.47 Å². The van der Waals surface area contributed by atoms with Crippen LogP contribution in [-0.2, 0) is 14.3 Å². The fourth-order valence-electron chi connectivity index (χ4n) is 1.11. The van der Waals surface area contributed by atoms with E-state index in [2.05, 4.69) is 6.58 Å². The number of hydrogen-bond donors (Lipinski definition) is 0. The molecule has 3 heteroatoms. The van der Waals surface area contributed by atoms with Crippen LogP contribution in [0.25, 0.3) is 0 Å². The highest BCUT2D eigenvalue weighted by Crippen LogP contribution is 2.10. The quantitative estimate of drug-likeness (QED) is 0.311. The summed E-state index contributed by atoms with van der Waals surface area (Å²) < 4.78 is 10.3. The van der Waals surface area contributed by atoms with E-state index >= 15 is 0 Å². The summed E-state index contributed by atoms with van der Waals surface area (Å²) in [5.41, 5.74) is 0.496. The third-order valence-corrected chi connectivity index (χ3v) is 2.05. The molecule has 0 atom stereocenters. The molecule has 0 aliphatic heterocycles. The molecule has 98 valence electrons. The van der Waals surface area contributed by atoms with E-state index in [1.165, 1.54) is 0 Å². The van der Waals surface area contributed by atoms with E-state index in [-0.39, 0.29) is 0 Å². The summed E-state index contributed by atoms with van der Waals surface area (Å²) in [6.07, 6.45) is 9.95. The fourth-order valence-corrected chi connectivity index (χ4v) is 1.11. The molecule has 0 saturated carbocycles. The van der Waals surface area contributed by atoms with Gasteiger partial charge in [-0.25, -0.2) is 4.79 Å². The van der Waals surface area contributed by atoms with Gasteiger partial charge < -0.3 is 9.47 Å². The molecule has 0 unspecified atom stereocenters. The lowest BCUT2D eigenvalue weighted by atomic mass is 10.2. The SMILES string of the molecule is C=C/C=C(\C=C(/C)OC)OC(=O)C(/C=C\C)=C/C. The van der Waals surface area contributed by atoms with Gasteiger partial charge in [-0.1, -0.05) is 30.9 Å². The van der Waals surface area contributed by atoms with E-state index in [0.717, 1.165) is 0 Å². The molecule has 0 N–H and O–H groups in total. The second kappa shape index (κ2) is 9.05. The molecule has 3 nitrogen and oxygen atoms in total. The first kappa shape index (κ1) is 16.0. The zero-order valence-electron chi connectivity index (χ0n) is 11.4. The van der Waals surface area contributed by atoms with Gasteiger partial charge in [0, 0.05) is 6.08 Å². The number of methoxy groups -OCH3 is 1. The van der Waals surface area contributed by atoms with Gasteiger partial charge in [-0.05, 0) is 26.8 Å². The standard InChI is InChI=1S/C15H20O3/c1-6-9-13(8-3)15(16)18-14(10-7-2)11-12(4)17-5/h6-11H,2H2,1,3-5H3/b9-6-,12-11+,13-8+,14-10+. The van der Waals surface area contributed by atoms with Crippen LogP contribution in [0.1, 0.15) is 20.8 Å². The van der Waals surface area contributed by atoms with Gasteiger partial charge in [0.2, 0.25) is 0 Å². The van der Waals surface area contributed by atoms with Crippen molar-refractivity contribution in [1.82, 2.24) is 0 Å². The second-order valence-corrected chi connectivity index (χ2v) is 3.40. The highest BCUT2D eigenvalue weighted by Gasteiger charge is 2.09. The first-order chi connectivity index (χ1) is 8.58. The molecule has 0 aromatic heterocycles. The maximum atomic E-state index is 11.8. The Morgan fingerprint density at radius 3 is 2.39 bits per heavy atom. The average molecular weight is 248 g/mol. The molecule has 0 rings (SSSR count). The van der Waals surface area contributed by atoms with Crippen molar-refractivity contribution in [3.63, 3.8) is 0 Å². The molecule has 0 aromatic carbocycles. The molecule has 0 radical (unpaired) electrons. The number of ether oxygens (including phenoxy) is 2. The van der Waals surface area contributed by atoms with Crippen LogP contribution in [0, 0.1) is 0 Å². The van der Waals surface area contributed by atoms with Gasteiger partial charge in [0.05, 0.1) is 18.4 Å². The average Bonchev–Trinajstić information content (AvgIpc) is 2.35. The molecule has 0 amide bonds. The third-order valence-electron chi connectivity index (χ3n) is 2.05. The van der Waals surface area contributed by atoms with Crippen LogP contribution < -0.4 is 0 Å². The predicted octanol–water partition coefficient (Wildman–Crippen LogP) is 3.67. The van der Waals surface area contributed by atoms with Crippen molar-refractivity contribution in [2.75, 3.05) is 7.11 Å². The van der Waals surface area contributed by atoms with Gasteiger partial charge >= 0.3 is 5.97 Å². The number of allylic oxidation sites excluding steroid dienone is 6. The highest BCUT2D eigenvalue weighted by atomic mass is 16.5. The van der Waals surface area contributed by atoms with Crippen molar-refractivity contribution >= 4 is 5.97 Å². The Morgan fingerprint density at radius 2 is 1.94 bits per heavy atom. The van der Waals surface area contributed by atoms with E-state index in [9.17, 15) is 4.79 Å². The number of carbonyl (C=O) groups excluding carboxylic acids is 1. The maximum Gasteiger partial charge on any atom is 0.343 e. The van der Waals surface area contributed by atoms with Gasteiger partial charge in [-0.15, -0.1) is 0 Å². The van der Waals surface area contributed by atoms with E-state index in [1.54, 1.807) is 57.4 Å². The second-order valence-electron chi connectivity index (χ2n) is 3.40. The number of hydrogen-bond acceptors (Lipinski definition) is 3. The summed E-state index contributed by atoms with van der Waals surface area (Å²) in [5.74, 6) is 0.617. The van der Waals surface area contributed by atoms with Gasteiger partial charge in [-0.3, -0.25) is 0 Å². The molecular formula is C15H20O3. The first-order valence-electron chi connectivity index (χ1n) is 5.65. The first-order valence-corrected chi connectivity index (χ1v) is 5.65. The molecule has 0 bridgehead atoms. The summed E-state index contributed by atoms with van der Waals surface area (Å²) in [6.45, 7) is 8.97. The molecule has 0 fully saturated rings. The minimum Gasteiger partial charge on any atom is -0.501 e. The molecule has 0 saturated heterocycles. The zero-order chi connectivity index (χ0) is 14.0. The summed E-state index contributed by atoms with van der Waals surface area (Å²) in [4.78, 5) is 11.8. The molecule has 18 heavy (non-hydrogen) atoms. The summed E-state index contributed by atoms with van der Waals surface area (Å²) in [7, 11) is 1.55. The van der Waals surface area contributed by atoms with Gasteiger partial charge in [0.25, 0.3) is 0 Å². The van der Waals surface area contributed by atoms with Crippen LogP contribution in [0.15, 0.2) is 60.1 Å². The summed E-state index contributed by atoms with van der Waals surface area (Å²) in [6, 6.07) is 0. The van der Waals surface area contributed by atoms with E-state index in [0.29, 0.717) is 17.1 Å². The van der Waals surface area contributed by atoms with Crippen molar-refractivity contribution in [2.45, 2.75) is 20.8 Å². The lowest BCUT2D eigenvalue weighted by Crippen LogP contribution is -2.05. The zero-order valence-corrected chi connectivity index (χ0v) is 11.4. The van der Waals surface area contributed by atoms with Crippen LogP contribution in [-0.4, -0.2) is 13.1 Å². The Labute approximate surface area is 109 Å². The summed E-state index contributed by atoms with van der Waals surface area (Å²) >= 11 is 0. The molecule has 0 aliphatic rings. The van der Waals surface area contributed by atoms with Crippen molar-refractivity contribution < 1.29 is 14.3 Å². The predicted molar refractivity (Wildman–Crippen MR) is 73.7 cm³/mol. The number of carbonyl (C=O) groups is 1. The van der Waals surface area contributed by atoms with Crippen molar-refractivity contribution in [3.8, 4) is 0 Å². The lowest BCUT2D eigenvalue weighted by Gasteiger charge is -2.06. The number of esters is 1. The Bertz CT molecular complexity index is 409. The maximum absolute atomic E-state index is 11.8. The highest BCUT2D eigenvalue weighted by molar-refractivity contribution is 5.92. The minimum atomic E-state index is -0.413. The van der Waals surface area contributed by atoms with Crippen LogP contribution in [0.5, 0.6) is 0 Å². The molecule has 0 spiro atoms. The monoisotopic (exact) mass is 248 g/mol. The third kappa shape index (κ3) is 5.89. The minimum absolute atomic E-state index is 0.387. The van der Waals surface area contributed by atoms with Crippen LogP contribution in [0.4, 0.5) is 0 Å². The molecule has 0 aliphatic carbocycles. The van der Waals surface area contributed by atoms with E-state index < -0.39 is 5.97 Å². The normalized spacial score (nSPS) is 13.7. The Kier molecular flexibility index (Phi) is 8.03. The Hall–Kier alpha value is -2.03. The van der Waals surface area contributed by atoms with Crippen molar-refractivity contribution in [2.24, 2.45) is 0 Å². The molecule has 0 heterocycles. The smallest absolute Gasteiger partial charge is 0.343 e. The number of rotatable bonds is 6. The molecule has 0 aromatic rings. The Balaban J connectivity index is 4.97. The van der Waals surface area contributed by atoms with Gasteiger partial charge in [0.1, 0.15) is 5.76 Å². The fraction of sp³-hybridized carbons (Fsp3) is 0.267. The topological polar surface area (TPSA) is 35.5 Å². The van der Waals surface area contributed by atoms with Gasteiger partial charge in [-0.2, -0.15) is 0 Å². The van der Waals surface area contributed by atoms with Gasteiger partial charge in [0.15, 0.2) is 0 Å². The van der Waals surface area contributed by atoms with Crippen molar-refractivity contribution in [3.05, 3.63) is 60.1 Å². The van der Waals surface area contributed by atoms with Crippen molar-refractivity contribution in [1.29, 1.82) is 0 Å². The van der Waals surface area contributed by atoms with E-state index in [1.807, 2.05) is 6.92 Å². The Morgan fingerprint density at radius 1 is 1.28 bits per heavy atom. The molecular weight excluding hydrogens is 228 g/mol. The summed E-state index contributed by atoms with van der Waals surface area (Å²) in [5, 5.41) is 0. The van der Waals surface area contributed by atoms with Crippen LogP contribution in [0.3, 0.4) is 0 Å². The van der Waals surface area contributed by atoms with Crippen LogP contribution >= 0.6 is 0 Å². The van der Waals surface area contributed by atoms with Crippen LogP contribution in [0.2, 0.25) is 0 Å². The lowest BCUT2D eigenvalue weighted by molar-refractivity contribution is -0.134.